The van der Waals surface area contributed by atoms with Crippen LogP contribution in [0, 0.1) is 0 Å². The van der Waals surface area contributed by atoms with E-state index in [0.29, 0.717) is 12.8 Å². The van der Waals surface area contributed by atoms with Gasteiger partial charge in [-0.15, -0.1) is 0 Å². The van der Waals surface area contributed by atoms with Crippen LogP contribution in [0.3, 0.4) is 0 Å². The van der Waals surface area contributed by atoms with E-state index in [1.807, 2.05) is 0 Å². The fourth-order valence-electron chi connectivity index (χ4n) is 2.08. The van der Waals surface area contributed by atoms with E-state index in [1.54, 1.807) is 6.92 Å². The number of isocyanates is 3. The summed E-state index contributed by atoms with van der Waals surface area (Å²) >= 11 is 0. The lowest BCUT2D eigenvalue weighted by molar-refractivity contribution is 0.241. The molecule has 0 radical (unpaired) electrons. The summed E-state index contributed by atoms with van der Waals surface area (Å²) in [5.74, 6) is 0. The molecule has 6 nitrogen and oxygen atoms in total. The van der Waals surface area contributed by atoms with Crippen molar-refractivity contribution in [2.75, 3.05) is 0 Å². The minimum absolute atomic E-state index is 0.484. The number of hydrogen-bond donors (Lipinski definition) is 0. The molecule has 84 valence electrons. The van der Waals surface area contributed by atoms with Gasteiger partial charge in [0.2, 0.25) is 18.2 Å². The van der Waals surface area contributed by atoms with Crippen molar-refractivity contribution in [3.8, 4) is 0 Å². The van der Waals surface area contributed by atoms with Gasteiger partial charge in [0, 0.05) is 0 Å². The number of carbonyl (C=O) groups excluding carboxylic acids is 3. The standard InChI is InChI=1S/C10H11N3O3/c1-10(13-7-16)8(11-5-14)3-2-4-9(10)12-6-15/h8-9H,2-4H2,1H3. The Morgan fingerprint density at radius 3 is 1.88 bits per heavy atom. The Morgan fingerprint density at radius 2 is 1.50 bits per heavy atom. The van der Waals surface area contributed by atoms with Gasteiger partial charge in [-0.05, 0) is 26.2 Å². The van der Waals surface area contributed by atoms with Crippen molar-refractivity contribution < 1.29 is 14.4 Å². The van der Waals surface area contributed by atoms with E-state index >= 15 is 0 Å². The Morgan fingerprint density at radius 1 is 1.00 bits per heavy atom. The minimum Gasteiger partial charge on any atom is -0.211 e. The van der Waals surface area contributed by atoms with Crippen LogP contribution < -0.4 is 0 Å². The van der Waals surface area contributed by atoms with Gasteiger partial charge in [-0.2, -0.15) is 15.0 Å². The monoisotopic (exact) mass is 221 g/mol. The van der Waals surface area contributed by atoms with Gasteiger partial charge in [-0.25, -0.2) is 14.4 Å². The topological polar surface area (TPSA) is 88.3 Å². The summed E-state index contributed by atoms with van der Waals surface area (Å²) in [6.45, 7) is 1.63. The third-order valence-corrected chi connectivity index (χ3v) is 3.01. The molecular weight excluding hydrogens is 210 g/mol. The highest BCUT2D eigenvalue weighted by atomic mass is 16.1. The second-order valence-electron chi connectivity index (χ2n) is 3.83. The van der Waals surface area contributed by atoms with Crippen molar-refractivity contribution in [3.63, 3.8) is 0 Å². The zero-order valence-electron chi connectivity index (χ0n) is 8.84. The van der Waals surface area contributed by atoms with Crippen LogP contribution in [-0.4, -0.2) is 35.9 Å². The lowest BCUT2D eigenvalue weighted by atomic mass is 9.76. The van der Waals surface area contributed by atoms with E-state index in [4.69, 9.17) is 0 Å². The van der Waals surface area contributed by atoms with Crippen molar-refractivity contribution in [1.82, 2.24) is 0 Å². The molecule has 1 rings (SSSR count). The molecule has 0 amide bonds. The van der Waals surface area contributed by atoms with Gasteiger partial charge in [0.25, 0.3) is 0 Å². The summed E-state index contributed by atoms with van der Waals surface area (Å²) in [7, 11) is 0. The first-order valence-electron chi connectivity index (χ1n) is 4.92. The summed E-state index contributed by atoms with van der Waals surface area (Å²) in [5, 5.41) is 0. The van der Waals surface area contributed by atoms with E-state index in [-0.39, 0.29) is 0 Å². The van der Waals surface area contributed by atoms with Gasteiger partial charge in [-0.3, -0.25) is 0 Å². The third kappa shape index (κ3) is 2.20. The SMILES string of the molecule is CC1(N=C=O)C(N=C=O)CCCC1N=C=O. The number of rotatable bonds is 3. The molecule has 0 aromatic rings. The first-order valence-corrected chi connectivity index (χ1v) is 4.92. The largest absolute Gasteiger partial charge is 0.235 e. The highest BCUT2D eigenvalue weighted by molar-refractivity contribution is 5.40. The molecule has 2 unspecified atom stereocenters. The average Bonchev–Trinajstić information content (AvgIpc) is 2.25. The van der Waals surface area contributed by atoms with Crippen LogP contribution in [0.15, 0.2) is 15.0 Å². The van der Waals surface area contributed by atoms with Crippen molar-refractivity contribution in [1.29, 1.82) is 0 Å². The molecule has 1 aliphatic carbocycles. The molecule has 1 saturated carbocycles. The average molecular weight is 221 g/mol. The zero-order valence-corrected chi connectivity index (χ0v) is 8.84. The van der Waals surface area contributed by atoms with Crippen molar-refractivity contribution in [2.45, 2.75) is 43.8 Å². The van der Waals surface area contributed by atoms with Gasteiger partial charge in [-0.1, -0.05) is 0 Å². The predicted molar refractivity (Wildman–Crippen MR) is 54.2 cm³/mol. The normalized spacial score (nSPS) is 32.8. The van der Waals surface area contributed by atoms with Crippen molar-refractivity contribution >= 4 is 18.2 Å². The van der Waals surface area contributed by atoms with E-state index in [9.17, 15) is 14.4 Å². The molecule has 1 aliphatic rings. The molecular formula is C10H11N3O3. The quantitative estimate of drug-likeness (QED) is 0.518. The van der Waals surface area contributed by atoms with Crippen molar-refractivity contribution in [3.05, 3.63) is 0 Å². The summed E-state index contributed by atoms with van der Waals surface area (Å²) in [5.41, 5.74) is -0.991. The fraction of sp³-hybridized carbons (Fsp3) is 0.700. The van der Waals surface area contributed by atoms with Crippen LogP contribution in [0.1, 0.15) is 26.2 Å². The van der Waals surface area contributed by atoms with E-state index in [0.717, 1.165) is 6.42 Å². The van der Waals surface area contributed by atoms with Crippen LogP contribution in [0.2, 0.25) is 0 Å². The predicted octanol–water partition coefficient (Wildman–Crippen LogP) is 0.674. The van der Waals surface area contributed by atoms with Crippen LogP contribution in [0.25, 0.3) is 0 Å². The Labute approximate surface area is 92.2 Å². The maximum absolute atomic E-state index is 10.4. The third-order valence-electron chi connectivity index (χ3n) is 3.01. The molecule has 2 atom stereocenters. The van der Waals surface area contributed by atoms with Gasteiger partial charge < -0.3 is 0 Å². The highest BCUT2D eigenvalue weighted by Crippen LogP contribution is 2.35. The molecule has 0 bridgehead atoms. The Kier molecular flexibility index (Phi) is 4.03. The molecule has 0 aromatic carbocycles. The summed E-state index contributed by atoms with van der Waals surface area (Å²) in [6.07, 6.45) is 6.35. The number of nitrogens with zero attached hydrogens (tertiary/aromatic N) is 3. The first-order chi connectivity index (χ1) is 7.69. The molecule has 16 heavy (non-hydrogen) atoms. The second kappa shape index (κ2) is 5.29. The summed E-state index contributed by atoms with van der Waals surface area (Å²) in [4.78, 5) is 41.9. The van der Waals surface area contributed by atoms with Crippen LogP contribution >= 0.6 is 0 Å². The molecule has 1 fully saturated rings. The van der Waals surface area contributed by atoms with Gasteiger partial charge in [0.15, 0.2) is 0 Å². The Balaban J connectivity index is 3.16. The van der Waals surface area contributed by atoms with Crippen LogP contribution in [0.5, 0.6) is 0 Å². The molecule has 6 heteroatoms. The maximum Gasteiger partial charge on any atom is 0.235 e. The molecule has 0 spiro atoms. The summed E-state index contributed by atoms with van der Waals surface area (Å²) in [6, 6.07) is -0.968. The fourth-order valence-corrected chi connectivity index (χ4v) is 2.08. The van der Waals surface area contributed by atoms with E-state index < -0.39 is 17.6 Å². The maximum atomic E-state index is 10.4. The molecule has 0 heterocycles. The number of aliphatic imine (C=N–C) groups is 3. The molecule has 0 saturated heterocycles. The van der Waals surface area contributed by atoms with E-state index in [2.05, 4.69) is 15.0 Å². The Bertz CT molecular complexity index is 376. The lowest BCUT2D eigenvalue weighted by Gasteiger charge is -2.37. The van der Waals surface area contributed by atoms with Crippen LogP contribution in [-0.2, 0) is 14.4 Å². The minimum atomic E-state index is -0.991. The first kappa shape index (κ1) is 12.2. The second-order valence-corrected chi connectivity index (χ2v) is 3.83. The number of hydrogen-bond acceptors (Lipinski definition) is 6. The van der Waals surface area contributed by atoms with Crippen LogP contribution in [0.4, 0.5) is 0 Å². The summed E-state index contributed by atoms with van der Waals surface area (Å²) < 4.78 is 0. The molecule has 0 aromatic heterocycles. The smallest absolute Gasteiger partial charge is 0.211 e. The van der Waals surface area contributed by atoms with Gasteiger partial charge in [0.05, 0.1) is 12.1 Å². The lowest BCUT2D eigenvalue weighted by Crippen LogP contribution is -2.49. The Hall–Kier alpha value is -1.86. The zero-order chi connectivity index (χ0) is 12.0. The van der Waals surface area contributed by atoms with Gasteiger partial charge in [0.1, 0.15) is 5.54 Å². The van der Waals surface area contributed by atoms with Crippen molar-refractivity contribution in [2.24, 2.45) is 15.0 Å². The van der Waals surface area contributed by atoms with Gasteiger partial charge >= 0.3 is 0 Å². The molecule has 0 aliphatic heterocycles. The molecule has 0 N–H and O–H groups in total. The van der Waals surface area contributed by atoms with E-state index in [1.165, 1.54) is 18.2 Å². The highest BCUT2D eigenvalue weighted by Gasteiger charge is 2.45.